The molecular weight excluding hydrogens is 360 g/mol. The van der Waals surface area contributed by atoms with Crippen LogP contribution in [0.4, 0.5) is 0 Å². The van der Waals surface area contributed by atoms with Crippen LogP contribution in [0.25, 0.3) is 0 Å². The third kappa shape index (κ3) is 3.60. The molecule has 1 amide bonds. The van der Waals surface area contributed by atoms with Gasteiger partial charge in [0, 0.05) is 30.7 Å². The molecule has 0 aromatic heterocycles. The topological polar surface area (TPSA) is 59.6 Å². The molecule has 1 aromatic carbocycles. The van der Waals surface area contributed by atoms with Crippen molar-refractivity contribution in [1.82, 2.24) is 10.9 Å². The number of methoxy groups -OCH3 is 2. The molecule has 1 aromatic rings. The Balaban J connectivity index is 1.76. The summed E-state index contributed by atoms with van der Waals surface area (Å²) >= 11 is 3.46. The minimum atomic E-state index is -0.0203. The molecule has 2 fully saturated rings. The number of hydrogen-bond acceptors (Lipinski definition) is 4. The Hall–Kier alpha value is -0.950. The summed E-state index contributed by atoms with van der Waals surface area (Å²) in [4.78, 5) is 12.3. The molecule has 0 spiro atoms. The Bertz CT molecular complexity index is 551. The third-order valence-corrected chi connectivity index (χ3v) is 5.66. The van der Waals surface area contributed by atoms with Gasteiger partial charge in [0.15, 0.2) is 0 Å². The van der Waals surface area contributed by atoms with Crippen LogP contribution in [0.3, 0.4) is 0 Å². The molecule has 2 N–H and O–H groups in total. The summed E-state index contributed by atoms with van der Waals surface area (Å²) in [6, 6.07) is 8.54. The van der Waals surface area contributed by atoms with Gasteiger partial charge in [-0.05, 0) is 42.9 Å². The Labute approximate surface area is 145 Å². The number of fused-ring (bicyclic) bond motifs is 1. The molecular formula is C17H23BrN2O3. The van der Waals surface area contributed by atoms with Gasteiger partial charge in [-0.3, -0.25) is 10.2 Å². The van der Waals surface area contributed by atoms with E-state index < -0.39 is 0 Å². The van der Waals surface area contributed by atoms with E-state index in [4.69, 9.17) is 9.47 Å². The highest BCUT2D eigenvalue weighted by Crippen LogP contribution is 2.37. The van der Waals surface area contributed by atoms with Crippen molar-refractivity contribution < 1.29 is 14.3 Å². The molecule has 3 rings (SSSR count). The number of amides is 1. The summed E-state index contributed by atoms with van der Waals surface area (Å²) < 4.78 is 12.2. The van der Waals surface area contributed by atoms with Crippen LogP contribution >= 0.6 is 15.9 Å². The van der Waals surface area contributed by atoms with Gasteiger partial charge >= 0.3 is 0 Å². The highest BCUT2D eigenvalue weighted by molar-refractivity contribution is 9.10. The number of nitrogens with one attached hydrogen (secondary N) is 2. The van der Waals surface area contributed by atoms with Crippen LogP contribution in [0.2, 0.25) is 0 Å². The monoisotopic (exact) mass is 382 g/mol. The van der Waals surface area contributed by atoms with Crippen LogP contribution in [-0.4, -0.2) is 38.4 Å². The molecule has 1 aliphatic heterocycles. The first kappa shape index (κ1) is 16.9. The maximum Gasteiger partial charge on any atom is 0.237 e. The number of ether oxygens (including phenoxy) is 2. The molecule has 6 heteroatoms. The Morgan fingerprint density at radius 2 is 1.78 bits per heavy atom. The van der Waals surface area contributed by atoms with E-state index >= 15 is 0 Å². The normalized spacial score (nSPS) is 33.9. The van der Waals surface area contributed by atoms with Gasteiger partial charge in [-0.25, -0.2) is 5.43 Å². The van der Waals surface area contributed by atoms with E-state index in [1.54, 1.807) is 14.2 Å². The lowest BCUT2D eigenvalue weighted by Crippen LogP contribution is -2.63. The van der Waals surface area contributed by atoms with E-state index in [0.717, 1.165) is 17.3 Å². The van der Waals surface area contributed by atoms with Crippen molar-refractivity contribution in [3.63, 3.8) is 0 Å². The Morgan fingerprint density at radius 3 is 2.43 bits per heavy atom. The standard InChI is InChI=1S/C17H23BrN2O3/c1-22-15-8-12-13(9-16(15)23-2)17(21)20-19-14(12)7-10-3-5-11(18)6-4-10/h3-6,12-16,19H,7-9H2,1-2H3,(H,20,21). The second kappa shape index (κ2) is 7.30. The van der Waals surface area contributed by atoms with Gasteiger partial charge in [-0.1, -0.05) is 28.1 Å². The third-order valence-electron chi connectivity index (χ3n) is 5.13. The van der Waals surface area contributed by atoms with Crippen LogP contribution in [0.15, 0.2) is 28.7 Å². The zero-order valence-corrected chi connectivity index (χ0v) is 15.0. The molecule has 1 heterocycles. The number of rotatable bonds is 4. The zero-order chi connectivity index (χ0) is 16.4. The Kier molecular flexibility index (Phi) is 5.36. The van der Waals surface area contributed by atoms with Crippen molar-refractivity contribution in [2.24, 2.45) is 11.8 Å². The first-order chi connectivity index (χ1) is 11.1. The van der Waals surface area contributed by atoms with Crippen molar-refractivity contribution in [3.8, 4) is 0 Å². The van der Waals surface area contributed by atoms with Crippen molar-refractivity contribution in [2.45, 2.75) is 37.5 Å². The maximum atomic E-state index is 12.3. The molecule has 5 unspecified atom stereocenters. The lowest BCUT2D eigenvalue weighted by molar-refractivity contribution is -0.145. The van der Waals surface area contributed by atoms with Gasteiger partial charge in [0.1, 0.15) is 0 Å². The van der Waals surface area contributed by atoms with Crippen molar-refractivity contribution in [2.75, 3.05) is 14.2 Å². The van der Waals surface area contributed by atoms with Gasteiger partial charge in [0.25, 0.3) is 0 Å². The molecule has 5 nitrogen and oxygen atoms in total. The van der Waals surface area contributed by atoms with Gasteiger partial charge in [0.05, 0.1) is 12.2 Å². The first-order valence-electron chi connectivity index (χ1n) is 7.97. The van der Waals surface area contributed by atoms with Crippen LogP contribution in [-0.2, 0) is 20.7 Å². The number of carbonyl (C=O) groups excluding carboxylic acids is 1. The van der Waals surface area contributed by atoms with Crippen molar-refractivity contribution in [1.29, 1.82) is 0 Å². The highest BCUT2D eigenvalue weighted by Gasteiger charge is 2.46. The maximum absolute atomic E-state index is 12.3. The van der Waals surface area contributed by atoms with E-state index in [9.17, 15) is 4.79 Å². The average molecular weight is 383 g/mol. The van der Waals surface area contributed by atoms with E-state index in [1.165, 1.54) is 5.56 Å². The number of benzene rings is 1. The van der Waals surface area contributed by atoms with Crippen LogP contribution < -0.4 is 10.9 Å². The fraction of sp³-hybridized carbons (Fsp3) is 0.588. The van der Waals surface area contributed by atoms with Crippen LogP contribution in [0.5, 0.6) is 0 Å². The summed E-state index contributed by atoms with van der Waals surface area (Å²) in [7, 11) is 3.41. The SMILES string of the molecule is COC1CC2C(=O)NNC(Cc3ccc(Br)cc3)C2CC1OC. The molecule has 0 bridgehead atoms. The first-order valence-corrected chi connectivity index (χ1v) is 8.77. The number of hydrazine groups is 1. The molecule has 5 atom stereocenters. The van der Waals surface area contributed by atoms with E-state index in [2.05, 4.69) is 38.9 Å². The molecule has 1 aliphatic carbocycles. The van der Waals surface area contributed by atoms with Crippen LogP contribution in [0.1, 0.15) is 18.4 Å². The van der Waals surface area contributed by atoms with Crippen molar-refractivity contribution >= 4 is 21.8 Å². The molecule has 1 saturated heterocycles. The second-order valence-electron chi connectivity index (χ2n) is 6.36. The van der Waals surface area contributed by atoms with E-state index in [1.807, 2.05) is 12.1 Å². The van der Waals surface area contributed by atoms with Gasteiger partial charge in [0.2, 0.25) is 5.91 Å². The zero-order valence-electron chi connectivity index (χ0n) is 13.4. The molecule has 23 heavy (non-hydrogen) atoms. The lowest BCUT2D eigenvalue weighted by Gasteiger charge is -2.46. The Morgan fingerprint density at radius 1 is 1.13 bits per heavy atom. The summed E-state index contributed by atoms with van der Waals surface area (Å²) in [5.41, 5.74) is 7.30. The average Bonchev–Trinajstić information content (AvgIpc) is 2.58. The number of hydrogen-bond donors (Lipinski definition) is 2. The van der Waals surface area contributed by atoms with Crippen molar-refractivity contribution in [3.05, 3.63) is 34.3 Å². The predicted octanol–water partition coefficient (Wildman–Crippen LogP) is 2.05. The largest absolute Gasteiger partial charge is 0.379 e. The van der Waals surface area contributed by atoms with Crippen LogP contribution in [0, 0.1) is 11.8 Å². The van der Waals surface area contributed by atoms with Gasteiger partial charge in [-0.15, -0.1) is 0 Å². The van der Waals surface area contributed by atoms with Gasteiger partial charge in [-0.2, -0.15) is 0 Å². The van der Waals surface area contributed by atoms with E-state index in [0.29, 0.717) is 6.42 Å². The minimum absolute atomic E-state index is 0.0153. The lowest BCUT2D eigenvalue weighted by atomic mass is 9.70. The number of carbonyl (C=O) groups is 1. The second-order valence-corrected chi connectivity index (χ2v) is 7.28. The molecule has 2 aliphatic rings. The highest BCUT2D eigenvalue weighted by atomic mass is 79.9. The molecule has 126 valence electrons. The molecule has 0 radical (unpaired) electrons. The summed E-state index contributed by atoms with van der Waals surface area (Å²) in [5.74, 6) is 0.301. The quantitative estimate of drug-likeness (QED) is 0.836. The minimum Gasteiger partial charge on any atom is -0.379 e. The van der Waals surface area contributed by atoms with E-state index in [-0.39, 0.29) is 36.0 Å². The summed E-state index contributed by atoms with van der Waals surface area (Å²) in [5, 5.41) is 0. The van der Waals surface area contributed by atoms with Gasteiger partial charge < -0.3 is 9.47 Å². The number of halogens is 1. The summed E-state index contributed by atoms with van der Waals surface area (Å²) in [6.45, 7) is 0. The predicted molar refractivity (Wildman–Crippen MR) is 90.7 cm³/mol. The fourth-order valence-corrected chi connectivity index (χ4v) is 4.11. The molecule has 1 saturated carbocycles. The summed E-state index contributed by atoms with van der Waals surface area (Å²) in [6.07, 6.45) is 2.45. The smallest absolute Gasteiger partial charge is 0.237 e. The fourth-order valence-electron chi connectivity index (χ4n) is 3.84.